The van der Waals surface area contributed by atoms with Gasteiger partial charge < -0.3 is 9.52 Å². The number of hydrogen-bond donors (Lipinski definition) is 1. The van der Waals surface area contributed by atoms with Crippen LogP contribution in [-0.4, -0.2) is 5.11 Å². The number of benzene rings is 2. The van der Waals surface area contributed by atoms with Crippen molar-refractivity contribution >= 4 is 22.6 Å². The van der Waals surface area contributed by atoms with Crippen molar-refractivity contribution in [3.8, 4) is 0 Å². The van der Waals surface area contributed by atoms with Gasteiger partial charge in [0.25, 0.3) is 0 Å². The Morgan fingerprint density at radius 3 is 2.68 bits per heavy atom. The molecule has 2 aromatic carbocycles. The summed E-state index contributed by atoms with van der Waals surface area (Å²) in [5.41, 5.74) is 2.37. The average Bonchev–Trinajstić information content (AvgIpc) is 2.85. The van der Waals surface area contributed by atoms with E-state index >= 15 is 0 Å². The molecule has 96 valence electrons. The van der Waals surface area contributed by atoms with Crippen molar-refractivity contribution in [1.82, 2.24) is 0 Å². The summed E-state index contributed by atoms with van der Waals surface area (Å²) in [6, 6.07) is 15.1. The second-order valence-corrected chi connectivity index (χ2v) is 4.95. The van der Waals surface area contributed by atoms with E-state index in [1.165, 1.54) is 0 Å². The zero-order chi connectivity index (χ0) is 13.4. The van der Waals surface area contributed by atoms with Gasteiger partial charge in [-0.15, -0.1) is 0 Å². The minimum atomic E-state index is -0.847. The van der Waals surface area contributed by atoms with Crippen LogP contribution in [0.1, 0.15) is 23.0 Å². The predicted octanol–water partition coefficient (Wildman–Crippen LogP) is 4.48. The number of aryl methyl sites for hydroxylation is 1. The Morgan fingerprint density at radius 1 is 1.11 bits per heavy atom. The van der Waals surface area contributed by atoms with Crippen LogP contribution in [0.15, 0.2) is 52.9 Å². The van der Waals surface area contributed by atoms with Gasteiger partial charge in [-0.1, -0.05) is 48.0 Å². The number of furan rings is 1. The van der Waals surface area contributed by atoms with E-state index in [-0.39, 0.29) is 0 Å². The lowest BCUT2D eigenvalue weighted by molar-refractivity contribution is 0.192. The number of rotatable bonds is 2. The fraction of sp³-hybridized carbons (Fsp3) is 0.125. The predicted molar refractivity (Wildman–Crippen MR) is 76.5 cm³/mol. The second kappa shape index (κ2) is 4.72. The maximum absolute atomic E-state index is 10.4. The van der Waals surface area contributed by atoms with E-state index in [2.05, 4.69) is 0 Å². The van der Waals surface area contributed by atoms with Crippen molar-refractivity contribution < 1.29 is 9.52 Å². The van der Waals surface area contributed by atoms with Crippen molar-refractivity contribution in [2.24, 2.45) is 0 Å². The number of hydrogen-bond acceptors (Lipinski definition) is 2. The number of halogens is 1. The van der Waals surface area contributed by atoms with E-state index in [1.807, 2.05) is 55.5 Å². The summed E-state index contributed by atoms with van der Waals surface area (Å²) in [5, 5.41) is 12.0. The molecule has 3 aromatic rings. The van der Waals surface area contributed by atoms with Gasteiger partial charge in [-0.2, -0.15) is 0 Å². The molecule has 19 heavy (non-hydrogen) atoms. The average molecular weight is 273 g/mol. The molecule has 0 spiro atoms. The van der Waals surface area contributed by atoms with Crippen molar-refractivity contribution in [2.45, 2.75) is 13.0 Å². The van der Waals surface area contributed by atoms with Crippen molar-refractivity contribution in [3.05, 3.63) is 70.4 Å². The molecule has 2 nitrogen and oxygen atoms in total. The number of fused-ring (bicyclic) bond motifs is 1. The molecule has 0 bridgehead atoms. The van der Waals surface area contributed by atoms with Gasteiger partial charge in [-0.05, 0) is 24.6 Å². The molecule has 3 heteroatoms. The van der Waals surface area contributed by atoms with Gasteiger partial charge in [0.1, 0.15) is 17.4 Å². The van der Waals surface area contributed by atoms with Crippen LogP contribution in [0.3, 0.4) is 0 Å². The third kappa shape index (κ3) is 2.14. The molecule has 0 radical (unpaired) electrons. The Morgan fingerprint density at radius 2 is 1.89 bits per heavy atom. The summed E-state index contributed by atoms with van der Waals surface area (Å²) < 4.78 is 5.67. The molecule has 0 aliphatic carbocycles. The molecule has 0 amide bonds. The monoisotopic (exact) mass is 272 g/mol. The number of para-hydroxylation sites is 1. The van der Waals surface area contributed by atoms with Gasteiger partial charge in [0.05, 0.1) is 0 Å². The maximum atomic E-state index is 10.4. The summed E-state index contributed by atoms with van der Waals surface area (Å²) in [4.78, 5) is 0. The van der Waals surface area contributed by atoms with Crippen LogP contribution in [0.5, 0.6) is 0 Å². The summed E-state index contributed by atoms with van der Waals surface area (Å²) in [5.74, 6) is 0.508. The molecule has 3 rings (SSSR count). The van der Waals surface area contributed by atoms with Gasteiger partial charge in [-0.3, -0.25) is 0 Å². The highest BCUT2D eigenvalue weighted by molar-refractivity contribution is 6.32. The van der Waals surface area contributed by atoms with E-state index < -0.39 is 6.10 Å². The molecule has 0 aliphatic heterocycles. The van der Waals surface area contributed by atoms with E-state index in [0.29, 0.717) is 16.3 Å². The fourth-order valence-corrected chi connectivity index (χ4v) is 2.40. The molecule has 0 fully saturated rings. The summed E-state index contributed by atoms with van der Waals surface area (Å²) in [6.07, 6.45) is -0.847. The first-order chi connectivity index (χ1) is 9.16. The van der Waals surface area contributed by atoms with Crippen LogP contribution in [0, 0.1) is 6.92 Å². The molecule has 0 aliphatic rings. The Hall–Kier alpha value is -1.77. The molecular weight excluding hydrogens is 260 g/mol. The lowest BCUT2D eigenvalue weighted by Crippen LogP contribution is -1.99. The van der Waals surface area contributed by atoms with Gasteiger partial charge >= 0.3 is 0 Å². The summed E-state index contributed by atoms with van der Waals surface area (Å²) in [6.45, 7) is 1.91. The van der Waals surface area contributed by atoms with Crippen LogP contribution in [-0.2, 0) is 0 Å². The van der Waals surface area contributed by atoms with Crippen LogP contribution in [0.4, 0.5) is 0 Å². The SMILES string of the molecule is Cc1cccc(C(O)c2cc3ccccc3o2)c1Cl. The number of aliphatic hydroxyl groups is 1. The Labute approximate surface area is 116 Å². The van der Waals surface area contributed by atoms with Crippen LogP contribution in [0.25, 0.3) is 11.0 Å². The van der Waals surface area contributed by atoms with Crippen LogP contribution < -0.4 is 0 Å². The largest absolute Gasteiger partial charge is 0.458 e. The first-order valence-corrected chi connectivity index (χ1v) is 6.46. The van der Waals surface area contributed by atoms with Crippen molar-refractivity contribution in [1.29, 1.82) is 0 Å². The first kappa shape index (κ1) is 12.3. The standard InChI is InChI=1S/C16H13ClO2/c1-10-5-4-7-12(15(10)17)16(18)14-9-11-6-2-3-8-13(11)19-14/h2-9,16,18H,1H3. The highest BCUT2D eigenvalue weighted by Gasteiger charge is 2.18. The highest BCUT2D eigenvalue weighted by atomic mass is 35.5. The third-order valence-electron chi connectivity index (χ3n) is 3.23. The summed E-state index contributed by atoms with van der Waals surface area (Å²) >= 11 is 6.24. The van der Waals surface area contributed by atoms with Gasteiger partial charge in [0.2, 0.25) is 0 Å². The maximum Gasteiger partial charge on any atom is 0.138 e. The lowest BCUT2D eigenvalue weighted by atomic mass is 10.0. The Bertz CT molecular complexity index is 697. The van der Waals surface area contributed by atoms with Crippen molar-refractivity contribution in [2.75, 3.05) is 0 Å². The quantitative estimate of drug-likeness (QED) is 0.746. The Kier molecular flexibility index (Phi) is 3.05. The van der Waals surface area contributed by atoms with Crippen LogP contribution >= 0.6 is 11.6 Å². The molecule has 1 heterocycles. The van der Waals surface area contributed by atoms with Crippen LogP contribution in [0.2, 0.25) is 5.02 Å². The minimum Gasteiger partial charge on any atom is -0.458 e. The molecule has 1 aromatic heterocycles. The zero-order valence-electron chi connectivity index (χ0n) is 10.4. The molecule has 1 N–H and O–H groups in total. The normalized spacial score (nSPS) is 12.8. The lowest BCUT2D eigenvalue weighted by Gasteiger charge is -2.11. The van der Waals surface area contributed by atoms with E-state index in [9.17, 15) is 5.11 Å². The molecule has 0 saturated heterocycles. The molecular formula is C16H13ClO2. The third-order valence-corrected chi connectivity index (χ3v) is 3.75. The fourth-order valence-electron chi connectivity index (χ4n) is 2.17. The van der Waals surface area contributed by atoms with E-state index in [4.69, 9.17) is 16.0 Å². The smallest absolute Gasteiger partial charge is 0.138 e. The van der Waals surface area contributed by atoms with Crippen molar-refractivity contribution in [3.63, 3.8) is 0 Å². The van der Waals surface area contributed by atoms with E-state index in [1.54, 1.807) is 0 Å². The zero-order valence-corrected chi connectivity index (χ0v) is 11.2. The highest BCUT2D eigenvalue weighted by Crippen LogP contribution is 2.33. The van der Waals surface area contributed by atoms with Gasteiger partial charge in [0.15, 0.2) is 0 Å². The molecule has 0 saturated carbocycles. The Balaban J connectivity index is 2.08. The molecule has 1 unspecified atom stereocenters. The van der Waals surface area contributed by atoms with Gasteiger partial charge in [0, 0.05) is 16.0 Å². The van der Waals surface area contributed by atoms with E-state index in [0.717, 1.165) is 16.5 Å². The summed E-state index contributed by atoms with van der Waals surface area (Å²) in [7, 11) is 0. The topological polar surface area (TPSA) is 33.4 Å². The molecule has 1 atom stereocenters. The second-order valence-electron chi connectivity index (χ2n) is 4.57. The van der Waals surface area contributed by atoms with Gasteiger partial charge in [-0.25, -0.2) is 0 Å². The number of aliphatic hydroxyl groups excluding tert-OH is 1. The first-order valence-electron chi connectivity index (χ1n) is 6.08. The minimum absolute atomic E-state index is 0.508.